The maximum absolute atomic E-state index is 10.5. The molecular weight excluding hydrogens is 424 g/mol. The maximum atomic E-state index is 10.5. The van der Waals surface area contributed by atoms with Gasteiger partial charge in [-0.05, 0) is 49.7 Å². The fourth-order valence-electron chi connectivity index (χ4n) is 3.53. The average Bonchev–Trinajstić information content (AvgIpc) is 3.45. The van der Waals surface area contributed by atoms with Crippen LogP contribution >= 0.6 is 11.6 Å². The summed E-state index contributed by atoms with van der Waals surface area (Å²) >= 11 is 6.30. The van der Waals surface area contributed by atoms with E-state index in [1.807, 2.05) is 43.5 Å². The van der Waals surface area contributed by atoms with Gasteiger partial charge >= 0.3 is 0 Å². The Morgan fingerprint density at radius 2 is 1.94 bits per heavy atom. The summed E-state index contributed by atoms with van der Waals surface area (Å²) in [5.74, 6) is 0. The van der Waals surface area contributed by atoms with Crippen LogP contribution < -0.4 is 5.32 Å². The van der Waals surface area contributed by atoms with Gasteiger partial charge in [-0.2, -0.15) is 15.5 Å². The molecule has 0 fully saturated rings. The molecule has 7 nitrogen and oxygen atoms in total. The number of nitriles is 1. The normalized spacial score (nSPS) is 15.0. The molecule has 0 amide bonds. The van der Waals surface area contributed by atoms with Crippen LogP contribution in [0, 0.1) is 18.3 Å². The predicted octanol–water partition coefficient (Wildman–Crippen LogP) is 4.28. The van der Waals surface area contributed by atoms with Crippen molar-refractivity contribution in [2.75, 3.05) is 5.32 Å². The number of anilines is 1. The van der Waals surface area contributed by atoms with Crippen LogP contribution in [0.3, 0.4) is 0 Å². The van der Waals surface area contributed by atoms with Crippen LogP contribution in [-0.4, -0.2) is 38.5 Å². The van der Waals surface area contributed by atoms with Gasteiger partial charge in [0.2, 0.25) is 0 Å². The van der Waals surface area contributed by atoms with E-state index in [0.29, 0.717) is 33.3 Å². The molecule has 0 saturated heterocycles. The third kappa shape index (κ3) is 3.94. The average molecular weight is 445 g/mol. The van der Waals surface area contributed by atoms with Gasteiger partial charge in [-0.3, -0.25) is 0 Å². The second kappa shape index (κ2) is 8.79. The second-order valence-electron chi connectivity index (χ2n) is 7.48. The van der Waals surface area contributed by atoms with Gasteiger partial charge in [0.1, 0.15) is 11.8 Å². The van der Waals surface area contributed by atoms with Crippen molar-refractivity contribution in [1.29, 1.82) is 5.26 Å². The van der Waals surface area contributed by atoms with Crippen molar-refractivity contribution in [3.05, 3.63) is 88.7 Å². The fourth-order valence-corrected chi connectivity index (χ4v) is 3.74. The number of nitrogens with one attached hydrogen (secondary N) is 1. The monoisotopic (exact) mass is 444 g/mol. The van der Waals surface area contributed by atoms with E-state index < -0.39 is 12.1 Å². The molecule has 0 unspecified atom stereocenters. The van der Waals surface area contributed by atoms with Crippen molar-refractivity contribution in [3.8, 4) is 11.8 Å². The highest BCUT2D eigenvalue weighted by molar-refractivity contribution is 6.34. The standard InChI is InChI=1S/C24H21ClN6O/c1-14-20(10-7-18(13-26)21(14)25)28-24(16(3)32)23-15(2)22(29-30-23)17-5-8-19(9-6-17)31-12-4-11-27-31/h4-12,16,24,28,32H,2H2,1,3H3/t16-,24+/m0/s1. The van der Waals surface area contributed by atoms with Crippen LogP contribution in [0.2, 0.25) is 5.02 Å². The van der Waals surface area contributed by atoms with Gasteiger partial charge < -0.3 is 10.4 Å². The predicted molar refractivity (Wildman–Crippen MR) is 127 cm³/mol. The third-order valence-electron chi connectivity index (χ3n) is 5.36. The molecule has 8 heteroatoms. The number of nitrogens with zero attached hydrogens (tertiary/aromatic N) is 5. The van der Waals surface area contributed by atoms with Crippen molar-refractivity contribution in [2.24, 2.45) is 10.2 Å². The molecule has 2 aromatic carbocycles. The van der Waals surface area contributed by atoms with E-state index in [2.05, 4.69) is 33.3 Å². The molecule has 32 heavy (non-hydrogen) atoms. The molecule has 0 bridgehead atoms. The Morgan fingerprint density at radius 1 is 1.19 bits per heavy atom. The van der Waals surface area contributed by atoms with E-state index in [1.165, 1.54) is 0 Å². The molecule has 0 radical (unpaired) electrons. The molecule has 1 aliphatic rings. The topological polar surface area (TPSA) is 98.6 Å². The van der Waals surface area contributed by atoms with Gasteiger partial charge in [0.25, 0.3) is 0 Å². The van der Waals surface area contributed by atoms with E-state index >= 15 is 0 Å². The Kier molecular flexibility index (Phi) is 5.91. The molecule has 0 spiro atoms. The number of hydrogen-bond donors (Lipinski definition) is 2. The van der Waals surface area contributed by atoms with E-state index in [-0.39, 0.29) is 0 Å². The number of halogens is 1. The molecule has 1 aromatic heterocycles. The number of aromatic nitrogens is 2. The number of aliphatic hydroxyl groups is 1. The van der Waals surface area contributed by atoms with E-state index in [0.717, 1.165) is 16.8 Å². The molecule has 160 valence electrons. The molecule has 2 N–H and O–H groups in total. The third-order valence-corrected chi connectivity index (χ3v) is 5.84. The summed E-state index contributed by atoms with van der Waals surface area (Å²) in [6.07, 6.45) is 2.82. The Hall–Kier alpha value is -3.73. The van der Waals surface area contributed by atoms with Crippen molar-refractivity contribution >= 4 is 28.7 Å². The van der Waals surface area contributed by atoms with Crippen molar-refractivity contribution in [3.63, 3.8) is 0 Å². The van der Waals surface area contributed by atoms with E-state index in [1.54, 1.807) is 29.9 Å². The summed E-state index contributed by atoms with van der Waals surface area (Å²) in [5, 5.41) is 36.2. The zero-order valence-corrected chi connectivity index (χ0v) is 18.4. The van der Waals surface area contributed by atoms with Crippen LogP contribution in [0.4, 0.5) is 5.69 Å². The molecule has 4 rings (SSSR count). The van der Waals surface area contributed by atoms with Gasteiger partial charge in [0, 0.05) is 29.2 Å². The molecule has 1 aliphatic heterocycles. The molecular formula is C24H21ClN6O. The summed E-state index contributed by atoms with van der Waals surface area (Å²) in [5.41, 5.74) is 5.44. The zero-order chi connectivity index (χ0) is 22.8. The van der Waals surface area contributed by atoms with Crippen LogP contribution in [0.5, 0.6) is 0 Å². The molecule has 3 aromatic rings. The number of rotatable bonds is 6. The fraction of sp³-hybridized carbons (Fsp3) is 0.167. The largest absolute Gasteiger partial charge is 0.391 e. The summed E-state index contributed by atoms with van der Waals surface area (Å²) < 4.78 is 1.77. The summed E-state index contributed by atoms with van der Waals surface area (Å²) in [7, 11) is 0. The first-order valence-corrected chi connectivity index (χ1v) is 10.4. The highest BCUT2D eigenvalue weighted by atomic mass is 35.5. The lowest BCUT2D eigenvalue weighted by Gasteiger charge is -2.24. The second-order valence-corrected chi connectivity index (χ2v) is 7.86. The number of hydrogen-bond acceptors (Lipinski definition) is 6. The highest BCUT2D eigenvalue weighted by Gasteiger charge is 2.30. The first-order valence-electron chi connectivity index (χ1n) is 10.00. The van der Waals surface area contributed by atoms with Gasteiger partial charge in [-0.15, -0.1) is 5.10 Å². The van der Waals surface area contributed by atoms with Crippen LogP contribution in [0.15, 0.2) is 77.2 Å². The minimum atomic E-state index is -0.781. The minimum Gasteiger partial charge on any atom is -0.391 e. The Morgan fingerprint density at radius 3 is 2.56 bits per heavy atom. The minimum absolute atomic E-state index is 0.378. The summed E-state index contributed by atoms with van der Waals surface area (Å²) in [6, 6.07) is 14.6. The lowest BCUT2D eigenvalue weighted by molar-refractivity contribution is 0.192. The lowest BCUT2D eigenvalue weighted by atomic mass is 9.94. The van der Waals surface area contributed by atoms with Crippen LogP contribution in [0.1, 0.15) is 23.6 Å². The number of benzene rings is 2. The maximum Gasteiger partial charge on any atom is 0.101 e. The Labute approximate surface area is 191 Å². The number of aliphatic hydroxyl groups excluding tert-OH is 1. The van der Waals surface area contributed by atoms with Gasteiger partial charge in [0.05, 0.1) is 34.1 Å². The van der Waals surface area contributed by atoms with E-state index in [4.69, 9.17) is 11.6 Å². The summed E-state index contributed by atoms with van der Waals surface area (Å²) in [6.45, 7) is 7.67. The smallest absolute Gasteiger partial charge is 0.101 e. The SMILES string of the molecule is C=C1C(c2ccc(-n3cccn3)cc2)=NN=C1[C@H](Nc1ccc(C#N)c(Cl)c1C)[C@H](C)O. The van der Waals surface area contributed by atoms with Crippen LogP contribution in [0.25, 0.3) is 5.69 Å². The quantitative estimate of drug-likeness (QED) is 0.592. The Bertz CT molecular complexity index is 1270. The molecule has 0 aliphatic carbocycles. The van der Waals surface area contributed by atoms with Gasteiger partial charge in [-0.1, -0.05) is 30.3 Å². The van der Waals surface area contributed by atoms with Crippen molar-refractivity contribution in [1.82, 2.24) is 9.78 Å². The Balaban J connectivity index is 1.55. The van der Waals surface area contributed by atoms with Crippen molar-refractivity contribution in [2.45, 2.75) is 26.0 Å². The first kappa shape index (κ1) is 21.5. The van der Waals surface area contributed by atoms with Crippen LogP contribution in [-0.2, 0) is 0 Å². The van der Waals surface area contributed by atoms with E-state index in [9.17, 15) is 10.4 Å². The summed E-state index contributed by atoms with van der Waals surface area (Å²) in [4.78, 5) is 0. The van der Waals surface area contributed by atoms with Crippen molar-refractivity contribution < 1.29 is 5.11 Å². The van der Waals surface area contributed by atoms with Gasteiger partial charge in [0.15, 0.2) is 0 Å². The van der Waals surface area contributed by atoms with Gasteiger partial charge in [-0.25, -0.2) is 4.68 Å². The lowest BCUT2D eigenvalue weighted by Crippen LogP contribution is -2.40. The molecule has 2 atom stereocenters. The first-order chi connectivity index (χ1) is 15.4. The molecule has 2 heterocycles. The zero-order valence-electron chi connectivity index (χ0n) is 17.6. The highest BCUT2D eigenvalue weighted by Crippen LogP contribution is 2.29. The molecule has 0 saturated carbocycles.